The average Bonchev–Trinajstić information content (AvgIpc) is 2.85. The number of rotatable bonds is 12. The number of unbranched alkanes of at least 4 members (excludes halogenated alkanes) is 3. The molecule has 1 aromatic heterocycles. The van der Waals surface area contributed by atoms with Crippen molar-refractivity contribution in [3.8, 4) is 5.69 Å². The minimum absolute atomic E-state index is 0.0112. The molecule has 0 saturated carbocycles. The van der Waals surface area contributed by atoms with Crippen LogP contribution >= 0.6 is 11.6 Å². The van der Waals surface area contributed by atoms with Gasteiger partial charge in [0, 0.05) is 18.8 Å². The van der Waals surface area contributed by atoms with Gasteiger partial charge in [0.25, 0.3) is 5.56 Å². The second-order valence-electron chi connectivity index (χ2n) is 8.47. The number of hydrogen-bond acceptors (Lipinski definition) is 3. The Kier molecular flexibility index (Phi) is 9.63. The fourth-order valence-corrected chi connectivity index (χ4v) is 4.41. The van der Waals surface area contributed by atoms with Gasteiger partial charge in [-0.05, 0) is 55.7 Å². The van der Waals surface area contributed by atoms with Crippen molar-refractivity contribution in [3.63, 3.8) is 0 Å². The molecule has 1 unspecified atom stereocenters. The van der Waals surface area contributed by atoms with E-state index in [9.17, 15) is 14.0 Å². The van der Waals surface area contributed by atoms with Gasteiger partial charge in [-0.25, -0.2) is 9.37 Å². The van der Waals surface area contributed by atoms with E-state index >= 15 is 0 Å². The van der Waals surface area contributed by atoms with Gasteiger partial charge < -0.3 is 4.90 Å². The maximum absolute atomic E-state index is 13.7. The Morgan fingerprint density at radius 1 is 1.06 bits per heavy atom. The van der Waals surface area contributed by atoms with Crippen molar-refractivity contribution in [1.82, 2.24) is 14.5 Å². The van der Waals surface area contributed by atoms with Crippen molar-refractivity contribution < 1.29 is 9.18 Å². The van der Waals surface area contributed by atoms with Gasteiger partial charge in [0.15, 0.2) is 0 Å². The van der Waals surface area contributed by atoms with Crippen LogP contribution in [0.4, 0.5) is 4.39 Å². The molecule has 1 amide bonds. The van der Waals surface area contributed by atoms with Crippen LogP contribution in [0.2, 0.25) is 0 Å². The lowest BCUT2D eigenvalue weighted by atomic mass is 10.1. The Bertz CT molecular complexity index is 1150. The smallest absolute Gasteiger partial charge is 0.266 e. The van der Waals surface area contributed by atoms with E-state index < -0.39 is 6.04 Å². The summed E-state index contributed by atoms with van der Waals surface area (Å²) in [6, 6.07) is 12.6. The van der Waals surface area contributed by atoms with Crippen molar-refractivity contribution in [3.05, 3.63) is 70.5 Å². The number of nitrogens with zero attached hydrogens (tertiary/aromatic N) is 3. The summed E-state index contributed by atoms with van der Waals surface area (Å²) in [6.07, 6.45) is 5.66. The molecule has 0 aliphatic heterocycles. The van der Waals surface area contributed by atoms with Crippen LogP contribution in [-0.2, 0) is 4.79 Å². The summed E-state index contributed by atoms with van der Waals surface area (Å²) >= 11 is 5.87. The highest BCUT2D eigenvalue weighted by Crippen LogP contribution is 2.27. The Morgan fingerprint density at radius 2 is 1.79 bits per heavy atom. The molecule has 3 aromatic rings. The van der Waals surface area contributed by atoms with E-state index in [-0.39, 0.29) is 17.3 Å². The summed E-state index contributed by atoms with van der Waals surface area (Å²) in [4.78, 5) is 33.7. The van der Waals surface area contributed by atoms with Gasteiger partial charge >= 0.3 is 0 Å². The van der Waals surface area contributed by atoms with Crippen molar-refractivity contribution in [2.75, 3.05) is 12.4 Å². The normalized spacial score (nSPS) is 12.1. The number of benzene rings is 2. The molecule has 1 atom stereocenters. The van der Waals surface area contributed by atoms with Crippen LogP contribution in [0.1, 0.15) is 70.7 Å². The summed E-state index contributed by atoms with van der Waals surface area (Å²) in [5.74, 6) is 0.540. The zero-order valence-corrected chi connectivity index (χ0v) is 20.7. The minimum atomic E-state index is -0.396. The topological polar surface area (TPSA) is 55.2 Å². The van der Waals surface area contributed by atoms with Crippen LogP contribution in [0.25, 0.3) is 16.6 Å². The first kappa shape index (κ1) is 25.9. The van der Waals surface area contributed by atoms with Gasteiger partial charge in [-0.3, -0.25) is 14.2 Å². The molecule has 5 nitrogen and oxygen atoms in total. The molecule has 0 bridgehead atoms. The molecule has 0 spiro atoms. The molecular formula is C27H33ClFN3O2. The lowest BCUT2D eigenvalue weighted by molar-refractivity contribution is -0.134. The fraction of sp³-hybridized carbons (Fsp3) is 0.444. The number of carbonyl (C=O) groups is 1. The number of alkyl halides is 1. The van der Waals surface area contributed by atoms with Crippen LogP contribution in [0.5, 0.6) is 0 Å². The summed E-state index contributed by atoms with van der Waals surface area (Å²) in [5.41, 5.74) is 0.875. The molecule has 0 N–H and O–H groups in total. The van der Waals surface area contributed by atoms with Crippen LogP contribution in [-0.4, -0.2) is 32.8 Å². The molecule has 182 valence electrons. The van der Waals surface area contributed by atoms with Crippen LogP contribution in [0.15, 0.2) is 53.3 Å². The molecule has 0 aliphatic rings. The molecule has 2 aromatic carbocycles. The molecular weight excluding hydrogens is 453 g/mol. The van der Waals surface area contributed by atoms with Crippen LogP contribution in [0, 0.1) is 5.82 Å². The van der Waals surface area contributed by atoms with Gasteiger partial charge in [-0.15, -0.1) is 11.6 Å². The zero-order valence-electron chi connectivity index (χ0n) is 20.0. The van der Waals surface area contributed by atoms with Gasteiger partial charge in [-0.1, -0.05) is 45.2 Å². The summed E-state index contributed by atoms with van der Waals surface area (Å²) in [6.45, 7) is 4.74. The number of fused-ring (bicyclic) bond motifs is 1. The van der Waals surface area contributed by atoms with Crippen molar-refractivity contribution in [2.24, 2.45) is 0 Å². The Balaban J connectivity index is 2.15. The third-order valence-electron chi connectivity index (χ3n) is 6.04. The SMILES string of the molecule is CCCCCCN(C(=O)CCCCl)C(CC)c1nc2ccccc2c(=O)n1-c1ccc(F)cc1. The maximum atomic E-state index is 13.7. The summed E-state index contributed by atoms with van der Waals surface area (Å²) in [5, 5.41) is 0.480. The maximum Gasteiger partial charge on any atom is 0.266 e. The number of halogens is 2. The lowest BCUT2D eigenvalue weighted by Crippen LogP contribution is -2.39. The Labute approximate surface area is 205 Å². The third-order valence-corrected chi connectivity index (χ3v) is 6.31. The number of carbonyl (C=O) groups excluding carboxylic acids is 1. The summed E-state index contributed by atoms with van der Waals surface area (Å²) in [7, 11) is 0. The zero-order chi connectivity index (χ0) is 24.5. The van der Waals surface area contributed by atoms with Gasteiger partial charge in [0.2, 0.25) is 5.91 Å². The molecule has 34 heavy (non-hydrogen) atoms. The Hall–Kier alpha value is -2.73. The number of para-hydroxylation sites is 1. The lowest BCUT2D eigenvalue weighted by Gasteiger charge is -2.32. The number of hydrogen-bond donors (Lipinski definition) is 0. The van der Waals surface area contributed by atoms with E-state index in [0.717, 1.165) is 25.7 Å². The first-order chi connectivity index (χ1) is 16.5. The highest BCUT2D eigenvalue weighted by atomic mass is 35.5. The second-order valence-corrected chi connectivity index (χ2v) is 8.85. The molecule has 0 saturated heterocycles. The fourth-order valence-electron chi connectivity index (χ4n) is 4.28. The third kappa shape index (κ3) is 6.03. The molecule has 1 heterocycles. The minimum Gasteiger partial charge on any atom is -0.333 e. The molecule has 7 heteroatoms. The Morgan fingerprint density at radius 3 is 2.47 bits per heavy atom. The molecule has 3 rings (SSSR count). The van der Waals surface area contributed by atoms with Crippen molar-refractivity contribution >= 4 is 28.4 Å². The van der Waals surface area contributed by atoms with Gasteiger partial charge in [0.05, 0.1) is 22.6 Å². The predicted molar refractivity (Wildman–Crippen MR) is 136 cm³/mol. The average molecular weight is 486 g/mol. The first-order valence-electron chi connectivity index (χ1n) is 12.1. The quantitative estimate of drug-likeness (QED) is 0.220. The van der Waals surface area contributed by atoms with E-state index in [1.54, 1.807) is 24.3 Å². The largest absolute Gasteiger partial charge is 0.333 e. The van der Waals surface area contributed by atoms with Crippen molar-refractivity contribution in [2.45, 2.75) is 64.8 Å². The molecule has 0 radical (unpaired) electrons. The molecule has 0 aliphatic carbocycles. The van der Waals surface area contributed by atoms with E-state index in [1.165, 1.54) is 16.7 Å². The van der Waals surface area contributed by atoms with Crippen molar-refractivity contribution in [1.29, 1.82) is 0 Å². The van der Waals surface area contributed by atoms with E-state index in [4.69, 9.17) is 16.6 Å². The first-order valence-corrected chi connectivity index (χ1v) is 12.7. The predicted octanol–water partition coefficient (Wildman–Crippen LogP) is 6.40. The van der Waals surface area contributed by atoms with Gasteiger partial charge in [0.1, 0.15) is 11.6 Å². The highest BCUT2D eigenvalue weighted by Gasteiger charge is 2.28. The van der Waals surface area contributed by atoms with E-state index in [0.29, 0.717) is 54.1 Å². The highest BCUT2D eigenvalue weighted by molar-refractivity contribution is 6.17. The van der Waals surface area contributed by atoms with E-state index in [2.05, 4.69) is 6.92 Å². The molecule has 0 fully saturated rings. The van der Waals surface area contributed by atoms with Gasteiger partial charge in [-0.2, -0.15) is 0 Å². The number of aromatic nitrogens is 2. The second kappa shape index (κ2) is 12.7. The van der Waals surface area contributed by atoms with E-state index in [1.807, 2.05) is 24.0 Å². The standard InChI is InChI=1S/C27H33ClFN3O2/c1-3-5-6-9-19-31(25(33)13-10-18-28)24(4-2)26-30-23-12-8-7-11-22(23)27(34)32(26)21-16-14-20(29)15-17-21/h7-8,11-12,14-17,24H,3-6,9-10,13,18-19H2,1-2H3. The summed E-state index contributed by atoms with van der Waals surface area (Å²) < 4.78 is 15.2. The van der Waals surface area contributed by atoms with Crippen LogP contribution < -0.4 is 5.56 Å². The van der Waals surface area contributed by atoms with Crippen LogP contribution in [0.3, 0.4) is 0 Å². The number of amides is 1. The monoisotopic (exact) mass is 485 g/mol.